The second-order valence-electron chi connectivity index (χ2n) is 7.75. The van der Waals surface area contributed by atoms with Crippen LogP contribution in [0.3, 0.4) is 0 Å². The van der Waals surface area contributed by atoms with Gasteiger partial charge in [0.1, 0.15) is 17.4 Å². The van der Waals surface area contributed by atoms with E-state index in [9.17, 15) is 8.60 Å². The molecule has 2 aliphatic rings. The molecule has 1 atom stereocenters. The highest BCUT2D eigenvalue weighted by atomic mass is 32.2. The molecule has 2 N–H and O–H groups in total. The van der Waals surface area contributed by atoms with E-state index in [1.54, 1.807) is 13.4 Å². The van der Waals surface area contributed by atoms with Crippen LogP contribution >= 0.6 is 0 Å². The molecule has 4 rings (SSSR count). The summed E-state index contributed by atoms with van der Waals surface area (Å²) in [6.45, 7) is 3.41. The minimum Gasteiger partial charge on any atom is -0.495 e. The predicted molar refractivity (Wildman–Crippen MR) is 133 cm³/mol. The minimum atomic E-state index is -1.62. The van der Waals surface area contributed by atoms with Crippen molar-refractivity contribution < 1.29 is 13.3 Å². The van der Waals surface area contributed by atoms with Gasteiger partial charge in [0, 0.05) is 18.4 Å². The Balaban J connectivity index is 1.51. The Hall–Kier alpha value is -3.46. The van der Waals surface area contributed by atoms with Gasteiger partial charge in [0.15, 0.2) is 0 Å². The maximum atomic E-state index is 13.1. The summed E-state index contributed by atoms with van der Waals surface area (Å²) in [5, 5.41) is 0. The summed E-state index contributed by atoms with van der Waals surface area (Å²) in [7, 11) is 1.65. The number of ether oxygens (including phenoxy) is 1. The molecule has 2 aliphatic heterocycles. The smallest absolute Gasteiger partial charge is 0.221 e. The molecular weight excluding hydrogens is 441 g/mol. The Morgan fingerprint density at radius 1 is 1.18 bits per heavy atom. The maximum absolute atomic E-state index is 13.1. The van der Waals surface area contributed by atoms with Gasteiger partial charge < -0.3 is 9.64 Å². The molecule has 2 aromatic rings. The van der Waals surface area contributed by atoms with Crippen LogP contribution in [0, 0.1) is 5.82 Å². The first-order valence-corrected chi connectivity index (χ1v) is 11.8. The number of hydrogen-bond acceptors (Lipinski definition) is 5. The van der Waals surface area contributed by atoms with Crippen LogP contribution in [0.25, 0.3) is 6.08 Å². The lowest BCUT2D eigenvalue weighted by molar-refractivity contribution is 0.416. The van der Waals surface area contributed by atoms with E-state index in [4.69, 9.17) is 4.74 Å². The van der Waals surface area contributed by atoms with Crippen LogP contribution in [0.2, 0.25) is 0 Å². The molecule has 0 spiro atoms. The third-order valence-corrected chi connectivity index (χ3v) is 5.95. The molecule has 2 heterocycles. The fourth-order valence-corrected chi connectivity index (χ4v) is 4.34. The van der Waals surface area contributed by atoms with Crippen LogP contribution in [-0.2, 0) is 11.2 Å². The molecule has 1 unspecified atom stereocenters. The van der Waals surface area contributed by atoms with Crippen LogP contribution in [0.1, 0.15) is 25.3 Å². The Bertz CT molecular complexity index is 1160. The SMILES string of the molecule is COc1cc(/C=C2\CCCN=C2NS(=O)Nc2ccc(F)cc2)ccc1N1C=NCC(C)=C1. The van der Waals surface area contributed by atoms with Crippen molar-refractivity contribution in [2.75, 3.05) is 29.8 Å². The number of rotatable bonds is 6. The lowest BCUT2D eigenvalue weighted by Crippen LogP contribution is -2.33. The number of aliphatic imine (C=N–C) groups is 2. The first kappa shape index (κ1) is 22.7. The van der Waals surface area contributed by atoms with Gasteiger partial charge in [-0.3, -0.25) is 19.4 Å². The number of amidine groups is 1. The van der Waals surface area contributed by atoms with Crippen molar-refractivity contribution in [1.29, 1.82) is 0 Å². The van der Waals surface area contributed by atoms with Crippen molar-refractivity contribution in [3.8, 4) is 5.75 Å². The molecule has 2 aromatic carbocycles. The van der Waals surface area contributed by atoms with Crippen molar-refractivity contribution in [3.63, 3.8) is 0 Å². The van der Waals surface area contributed by atoms with Crippen LogP contribution in [-0.4, -0.2) is 36.6 Å². The van der Waals surface area contributed by atoms with Crippen LogP contribution in [0.15, 0.2) is 69.8 Å². The van der Waals surface area contributed by atoms with Gasteiger partial charge in [-0.25, -0.2) is 8.60 Å². The highest BCUT2D eigenvalue weighted by molar-refractivity contribution is 7.85. The largest absolute Gasteiger partial charge is 0.495 e. The number of halogens is 1. The highest BCUT2D eigenvalue weighted by Crippen LogP contribution is 2.31. The monoisotopic (exact) mass is 467 g/mol. The molecule has 33 heavy (non-hydrogen) atoms. The van der Waals surface area contributed by atoms with Crippen molar-refractivity contribution in [2.24, 2.45) is 9.98 Å². The number of anilines is 2. The zero-order valence-corrected chi connectivity index (χ0v) is 19.4. The summed E-state index contributed by atoms with van der Waals surface area (Å²) in [6.07, 6.45) is 7.59. The van der Waals surface area contributed by atoms with E-state index in [-0.39, 0.29) is 5.82 Å². The number of benzene rings is 2. The van der Waals surface area contributed by atoms with E-state index in [0.29, 0.717) is 24.6 Å². The van der Waals surface area contributed by atoms with Crippen molar-refractivity contribution in [3.05, 3.63) is 71.2 Å². The summed E-state index contributed by atoms with van der Waals surface area (Å²) in [6, 6.07) is 11.7. The lowest BCUT2D eigenvalue weighted by Gasteiger charge is -2.22. The second kappa shape index (κ2) is 10.4. The topological polar surface area (TPSA) is 78.3 Å². The Morgan fingerprint density at radius 2 is 2.00 bits per heavy atom. The summed E-state index contributed by atoms with van der Waals surface area (Å²) in [5.41, 5.74) is 4.54. The predicted octanol–water partition coefficient (Wildman–Crippen LogP) is 4.44. The summed E-state index contributed by atoms with van der Waals surface area (Å²) >= 11 is -1.62. The zero-order chi connectivity index (χ0) is 23.2. The number of nitrogens with one attached hydrogen (secondary N) is 2. The third-order valence-electron chi connectivity index (χ3n) is 5.15. The first-order valence-electron chi connectivity index (χ1n) is 10.6. The first-order chi connectivity index (χ1) is 16.0. The van der Waals surface area contributed by atoms with Crippen LogP contribution in [0.4, 0.5) is 15.8 Å². The van der Waals surface area contributed by atoms with Gasteiger partial charge in [0.2, 0.25) is 11.2 Å². The average molecular weight is 468 g/mol. The molecule has 172 valence electrons. The Morgan fingerprint density at radius 3 is 2.76 bits per heavy atom. The van der Waals surface area contributed by atoms with E-state index in [2.05, 4.69) is 19.4 Å². The van der Waals surface area contributed by atoms with Crippen molar-refractivity contribution >= 4 is 40.8 Å². The standard InChI is InChI=1S/C24H26FN5O2S/c1-17-14-26-16-30(15-17)22-10-5-18(13-23(22)32-2)12-19-4-3-11-27-24(19)29-33(31)28-21-8-6-20(25)7-9-21/h5-10,12-13,15-16,28H,3-4,11,14H2,1-2H3,(H,27,29)/b19-12+. The molecule has 0 amide bonds. The highest BCUT2D eigenvalue weighted by Gasteiger charge is 2.16. The maximum Gasteiger partial charge on any atom is 0.221 e. The van der Waals surface area contributed by atoms with Crippen molar-refractivity contribution in [2.45, 2.75) is 19.8 Å². The summed E-state index contributed by atoms with van der Waals surface area (Å²) < 4.78 is 37.0. The molecule has 9 heteroatoms. The summed E-state index contributed by atoms with van der Waals surface area (Å²) in [5.74, 6) is 0.964. The Kier molecular flexibility index (Phi) is 7.19. The minimum absolute atomic E-state index is 0.346. The van der Waals surface area contributed by atoms with Crippen molar-refractivity contribution in [1.82, 2.24) is 4.72 Å². The van der Waals surface area contributed by atoms with Crippen LogP contribution < -0.4 is 19.1 Å². The van der Waals surface area contributed by atoms with Gasteiger partial charge >= 0.3 is 0 Å². The molecule has 0 fully saturated rings. The molecule has 0 aromatic heterocycles. The van der Waals surface area contributed by atoms with Gasteiger partial charge in [-0.05, 0) is 78.9 Å². The van der Waals surface area contributed by atoms with Crippen LogP contribution in [0.5, 0.6) is 5.75 Å². The molecular formula is C24H26FN5O2S. The van der Waals surface area contributed by atoms with E-state index >= 15 is 0 Å². The second-order valence-corrected chi connectivity index (χ2v) is 8.70. The van der Waals surface area contributed by atoms with E-state index in [1.165, 1.54) is 29.8 Å². The third kappa shape index (κ3) is 5.87. The molecule has 0 saturated heterocycles. The lowest BCUT2D eigenvalue weighted by atomic mass is 10.0. The summed E-state index contributed by atoms with van der Waals surface area (Å²) in [4.78, 5) is 10.8. The fourth-order valence-electron chi connectivity index (χ4n) is 3.57. The van der Waals surface area contributed by atoms with Gasteiger partial charge in [-0.15, -0.1) is 0 Å². The zero-order valence-electron chi connectivity index (χ0n) is 18.5. The van der Waals surface area contributed by atoms with Gasteiger partial charge in [0.25, 0.3) is 0 Å². The quantitative estimate of drug-likeness (QED) is 0.659. The van der Waals surface area contributed by atoms with E-state index < -0.39 is 11.2 Å². The van der Waals surface area contributed by atoms with Gasteiger partial charge in [0.05, 0.1) is 25.7 Å². The number of nitrogens with zero attached hydrogens (tertiary/aromatic N) is 3. The average Bonchev–Trinajstić information content (AvgIpc) is 2.82. The normalized spacial score (nSPS) is 17.9. The molecule has 0 bridgehead atoms. The number of hydrogen-bond donors (Lipinski definition) is 2. The molecule has 7 nitrogen and oxygen atoms in total. The van der Waals surface area contributed by atoms with E-state index in [1.807, 2.05) is 42.3 Å². The molecule has 0 radical (unpaired) electrons. The molecule has 0 saturated carbocycles. The number of methoxy groups -OCH3 is 1. The molecule has 0 aliphatic carbocycles. The van der Waals surface area contributed by atoms with Gasteiger partial charge in [-0.2, -0.15) is 0 Å². The van der Waals surface area contributed by atoms with E-state index in [0.717, 1.165) is 35.4 Å². The fraction of sp³-hybridized carbons (Fsp3) is 0.250. The Labute approximate surface area is 195 Å². The van der Waals surface area contributed by atoms with Gasteiger partial charge in [-0.1, -0.05) is 6.07 Å².